The van der Waals surface area contributed by atoms with E-state index in [1.54, 1.807) is 17.2 Å². The number of rotatable bonds is 4. The van der Waals surface area contributed by atoms with Crippen LogP contribution in [0.15, 0.2) is 53.5 Å². The third-order valence-corrected chi connectivity index (χ3v) is 4.67. The summed E-state index contributed by atoms with van der Waals surface area (Å²) >= 11 is 0. The summed E-state index contributed by atoms with van der Waals surface area (Å²) in [6, 6.07) is 6.18. The molecule has 3 heterocycles. The lowest BCUT2D eigenvalue weighted by Crippen LogP contribution is -2.39. The summed E-state index contributed by atoms with van der Waals surface area (Å²) in [6.07, 6.45) is 9.34. The van der Waals surface area contributed by atoms with E-state index in [0.717, 1.165) is 24.8 Å². The van der Waals surface area contributed by atoms with Crippen molar-refractivity contribution in [2.45, 2.75) is 31.7 Å². The van der Waals surface area contributed by atoms with Gasteiger partial charge in [-0.1, -0.05) is 12.1 Å². The Morgan fingerprint density at radius 3 is 2.96 bits per heavy atom. The maximum atomic E-state index is 13.4. The molecule has 1 atom stereocenters. The lowest BCUT2D eigenvalue weighted by molar-refractivity contribution is 0.0563. The number of carbonyl (C=O) groups excluding carboxylic acids is 1. The van der Waals surface area contributed by atoms with Gasteiger partial charge < -0.3 is 9.32 Å². The largest absolute Gasteiger partial charge is 0.443 e. The first-order valence-corrected chi connectivity index (χ1v) is 8.97. The maximum absolute atomic E-state index is 13.4. The molecular formula is C20H19FN4O2. The molecular weight excluding hydrogens is 347 g/mol. The van der Waals surface area contributed by atoms with E-state index in [1.807, 2.05) is 6.07 Å². The smallest absolute Gasteiger partial charge is 0.274 e. The molecule has 1 aliphatic heterocycles. The minimum absolute atomic E-state index is 0.169. The molecule has 1 aliphatic rings. The molecule has 0 saturated carbocycles. The number of oxazole rings is 1. The number of piperidine rings is 1. The molecule has 7 heteroatoms. The summed E-state index contributed by atoms with van der Waals surface area (Å²) in [7, 11) is 0. The Kier molecular flexibility index (Phi) is 4.91. The van der Waals surface area contributed by atoms with Crippen molar-refractivity contribution in [1.29, 1.82) is 0 Å². The highest BCUT2D eigenvalue weighted by atomic mass is 19.1. The molecule has 1 unspecified atom stereocenters. The highest BCUT2D eigenvalue weighted by molar-refractivity contribution is 5.92. The molecule has 2 aromatic heterocycles. The Hall–Kier alpha value is -3.09. The monoisotopic (exact) mass is 366 g/mol. The normalized spacial score (nSPS) is 17.1. The molecule has 1 amide bonds. The van der Waals surface area contributed by atoms with Crippen LogP contribution in [-0.4, -0.2) is 32.3 Å². The topological polar surface area (TPSA) is 72.1 Å². The first-order chi connectivity index (χ1) is 13.2. The van der Waals surface area contributed by atoms with E-state index in [0.29, 0.717) is 30.3 Å². The standard InChI is InChI=1S/C20H19FN4O2/c21-15-5-3-4-14(10-15)11-16-12-24-19(27-16)18-6-1-2-9-25(18)20(26)17-13-22-7-8-23-17/h3-5,7-8,10,12-13,18H,1-2,6,9,11H2. The predicted octanol–water partition coefficient (Wildman–Crippen LogP) is 3.56. The van der Waals surface area contributed by atoms with Crippen LogP contribution >= 0.6 is 0 Å². The summed E-state index contributed by atoms with van der Waals surface area (Å²) < 4.78 is 19.3. The van der Waals surface area contributed by atoms with Crippen molar-refractivity contribution in [2.75, 3.05) is 6.54 Å². The van der Waals surface area contributed by atoms with Crippen LogP contribution in [0.4, 0.5) is 4.39 Å². The van der Waals surface area contributed by atoms with E-state index in [4.69, 9.17) is 4.42 Å². The predicted molar refractivity (Wildman–Crippen MR) is 95.4 cm³/mol. The van der Waals surface area contributed by atoms with Crippen LogP contribution in [0.3, 0.4) is 0 Å². The van der Waals surface area contributed by atoms with Crippen molar-refractivity contribution >= 4 is 5.91 Å². The molecule has 27 heavy (non-hydrogen) atoms. The average Bonchev–Trinajstić information content (AvgIpc) is 3.16. The van der Waals surface area contributed by atoms with Crippen molar-refractivity contribution < 1.29 is 13.6 Å². The number of likely N-dealkylation sites (tertiary alicyclic amines) is 1. The van der Waals surface area contributed by atoms with Gasteiger partial charge in [-0.25, -0.2) is 14.4 Å². The summed E-state index contributed by atoms with van der Waals surface area (Å²) in [5, 5.41) is 0. The van der Waals surface area contributed by atoms with Gasteiger partial charge in [0.2, 0.25) is 5.89 Å². The molecule has 0 spiro atoms. The number of hydrogen-bond donors (Lipinski definition) is 0. The van der Waals surface area contributed by atoms with Gasteiger partial charge in [-0.3, -0.25) is 9.78 Å². The molecule has 6 nitrogen and oxygen atoms in total. The second kappa shape index (κ2) is 7.65. The Bertz CT molecular complexity index is 928. The fraction of sp³-hybridized carbons (Fsp3) is 0.300. The molecule has 1 fully saturated rings. The van der Waals surface area contributed by atoms with Crippen LogP contribution in [0.1, 0.15) is 53.0 Å². The minimum Gasteiger partial charge on any atom is -0.443 e. The van der Waals surface area contributed by atoms with Crippen molar-refractivity contribution in [3.8, 4) is 0 Å². The number of aromatic nitrogens is 3. The van der Waals surface area contributed by atoms with Gasteiger partial charge in [0.25, 0.3) is 5.91 Å². The van der Waals surface area contributed by atoms with Crippen LogP contribution in [0.2, 0.25) is 0 Å². The zero-order valence-electron chi connectivity index (χ0n) is 14.7. The number of hydrogen-bond acceptors (Lipinski definition) is 5. The molecule has 0 radical (unpaired) electrons. The van der Waals surface area contributed by atoms with Crippen LogP contribution in [0.25, 0.3) is 0 Å². The van der Waals surface area contributed by atoms with Crippen LogP contribution < -0.4 is 0 Å². The zero-order valence-corrected chi connectivity index (χ0v) is 14.7. The van der Waals surface area contributed by atoms with E-state index in [-0.39, 0.29) is 17.8 Å². The summed E-state index contributed by atoms with van der Waals surface area (Å²) in [5.41, 5.74) is 1.13. The van der Waals surface area contributed by atoms with Gasteiger partial charge in [-0.05, 0) is 37.0 Å². The highest BCUT2D eigenvalue weighted by Crippen LogP contribution is 2.32. The summed E-state index contributed by atoms with van der Waals surface area (Å²) in [5.74, 6) is 0.712. The number of halogens is 1. The van der Waals surface area contributed by atoms with Gasteiger partial charge in [0.1, 0.15) is 23.3 Å². The van der Waals surface area contributed by atoms with Crippen molar-refractivity contribution in [3.05, 3.63) is 77.8 Å². The lowest BCUT2D eigenvalue weighted by Gasteiger charge is -2.33. The van der Waals surface area contributed by atoms with E-state index >= 15 is 0 Å². The molecule has 1 aromatic carbocycles. The number of carbonyl (C=O) groups is 1. The molecule has 0 aliphatic carbocycles. The number of amides is 1. The molecule has 138 valence electrons. The van der Waals surface area contributed by atoms with Gasteiger partial charge in [0.15, 0.2) is 0 Å². The lowest BCUT2D eigenvalue weighted by atomic mass is 10.0. The first kappa shape index (κ1) is 17.3. The van der Waals surface area contributed by atoms with E-state index in [1.165, 1.54) is 30.7 Å². The maximum Gasteiger partial charge on any atom is 0.274 e. The molecule has 3 aromatic rings. The third-order valence-electron chi connectivity index (χ3n) is 4.67. The SMILES string of the molecule is O=C(c1cnccn1)N1CCCCC1c1ncc(Cc2cccc(F)c2)o1. The van der Waals surface area contributed by atoms with Gasteiger partial charge in [0, 0.05) is 25.4 Å². The number of benzene rings is 1. The Morgan fingerprint density at radius 1 is 1.22 bits per heavy atom. The van der Waals surface area contributed by atoms with E-state index in [9.17, 15) is 9.18 Å². The zero-order chi connectivity index (χ0) is 18.6. The van der Waals surface area contributed by atoms with Crippen molar-refractivity contribution in [2.24, 2.45) is 0 Å². The molecule has 0 bridgehead atoms. The van der Waals surface area contributed by atoms with Crippen LogP contribution in [-0.2, 0) is 6.42 Å². The summed E-state index contributed by atoms with van der Waals surface area (Å²) in [6.45, 7) is 0.627. The Labute approximate surface area is 156 Å². The highest BCUT2D eigenvalue weighted by Gasteiger charge is 2.32. The molecule has 4 rings (SSSR count). The van der Waals surface area contributed by atoms with Crippen LogP contribution in [0, 0.1) is 5.82 Å². The second-order valence-corrected chi connectivity index (χ2v) is 6.57. The van der Waals surface area contributed by atoms with Crippen molar-refractivity contribution in [1.82, 2.24) is 19.9 Å². The molecule has 0 N–H and O–H groups in total. The minimum atomic E-state index is -0.278. The Morgan fingerprint density at radius 2 is 2.15 bits per heavy atom. The summed E-state index contributed by atoms with van der Waals surface area (Å²) in [4.78, 5) is 27.1. The van der Waals surface area contributed by atoms with Crippen LogP contribution in [0.5, 0.6) is 0 Å². The van der Waals surface area contributed by atoms with Gasteiger partial charge in [-0.2, -0.15) is 0 Å². The average molecular weight is 366 g/mol. The van der Waals surface area contributed by atoms with E-state index in [2.05, 4.69) is 15.0 Å². The first-order valence-electron chi connectivity index (χ1n) is 8.97. The third kappa shape index (κ3) is 3.86. The van der Waals surface area contributed by atoms with Gasteiger partial charge in [0.05, 0.1) is 12.4 Å². The quantitative estimate of drug-likeness (QED) is 0.706. The fourth-order valence-corrected chi connectivity index (χ4v) is 3.39. The van der Waals surface area contributed by atoms with E-state index < -0.39 is 0 Å². The van der Waals surface area contributed by atoms with Gasteiger partial charge in [-0.15, -0.1) is 0 Å². The van der Waals surface area contributed by atoms with Gasteiger partial charge >= 0.3 is 0 Å². The number of nitrogens with zero attached hydrogens (tertiary/aromatic N) is 4. The second-order valence-electron chi connectivity index (χ2n) is 6.57. The van der Waals surface area contributed by atoms with Crippen molar-refractivity contribution in [3.63, 3.8) is 0 Å². The molecule has 1 saturated heterocycles. The Balaban J connectivity index is 1.54. The fourth-order valence-electron chi connectivity index (χ4n) is 3.39.